The summed E-state index contributed by atoms with van der Waals surface area (Å²) in [7, 11) is 3.29. The van der Waals surface area contributed by atoms with Gasteiger partial charge in [0.2, 0.25) is 0 Å². The Morgan fingerprint density at radius 2 is 0.702 bits per heavy atom. The fourth-order valence-electron chi connectivity index (χ4n) is 3.25. The quantitative estimate of drug-likeness (QED) is 0.0717. The monoisotopic (exact) mass is 738 g/mol. The molecule has 0 unspecified atom stereocenters. The summed E-state index contributed by atoms with van der Waals surface area (Å²) in [5.41, 5.74) is 1.41. The van der Waals surface area contributed by atoms with Crippen LogP contribution in [0.1, 0.15) is 41.4 Å². The topological polar surface area (TPSA) is 202 Å². The zero-order valence-corrected chi connectivity index (χ0v) is 28.4. The van der Waals surface area contributed by atoms with Crippen LogP contribution in [0.15, 0.2) is 117 Å². The van der Waals surface area contributed by atoms with E-state index in [2.05, 4.69) is 0 Å². The van der Waals surface area contributed by atoms with E-state index in [9.17, 15) is 19.2 Å². The molecule has 0 spiro atoms. The SMILES string of the molecule is COC(=O)c1ccccc1SSc1ccccc1C(=O)OC.O=C(O)c1ccccc1SSc1ccccc1C(=O)O.O=S(=O)(O)O. The van der Waals surface area contributed by atoms with E-state index in [-0.39, 0.29) is 23.1 Å². The molecule has 0 heterocycles. The van der Waals surface area contributed by atoms with Crippen molar-refractivity contribution in [3.63, 3.8) is 0 Å². The van der Waals surface area contributed by atoms with Crippen molar-refractivity contribution in [1.82, 2.24) is 0 Å². The molecule has 4 aromatic carbocycles. The first-order valence-corrected chi connectivity index (χ1v) is 18.3. The minimum Gasteiger partial charge on any atom is -0.478 e. The molecule has 12 nitrogen and oxygen atoms in total. The molecule has 0 aliphatic heterocycles. The number of carbonyl (C=O) groups excluding carboxylic acids is 2. The second kappa shape index (κ2) is 19.6. The van der Waals surface area contributed by atoms with Gasteiger partial charge >= 0.3 is 34.3 Å². The van der Waals surface area contributed by atoms with Gasteiger partial charge in [-0.2, -0.15) is 8.42 Å². The Morgan fingerprint density at radius 1 is 0.489 bits per heavy atom. The van der Waals surface area contributed by atoms with Gasteiger partial charge in [0.25, 0.3) is 0 Å². The van der Waals surface area contributed by atoms with Crippen molar-refractivity contribution in [3.05, 3.63) is 119 Å². The highest BCUT2D eigenvalue weighted by molar-refractivity contribution is 8.77. The molecule has 0 saturated heterocycles. The number of hydrogen-bond acceptors (Lipinski definition) is 12. The summed E-state index contributed by atoms with van der Waals surface area (Å²) < 4.78 is 41.1. The first kappa shape index (κ1) is 39.2. The number of esters is 2. The first-order chi connectivity index (χ1) is 22.3. The third-order valence-electron chi connectivity index (χ3n) is 5.26. The number of rotatable bonds is 10. The van der Waals surface area contributed by atoms with Crippen molar-refractivity contribution in [2.75, 3.05) is 14.2 Å². The van der Waals surface area contributed by atoms with Crippen LogP contribution in [0.2, 0.25) is 0 Å². The number of methoxy groups -OCH3 is 2. The lowest BCUT2D eigenvalue weighted by atomic mass is 10.2. The van der Waals surface area contributed by atoms with E-state index in [4.69, 9.17) is 37.2 Å². The maximum Gasteiger partial charge on any atom is 0.394 e. The first-order valence-electron chi connectivity index (χ1n) is 12.6. The van der Waals surface area contributed by atoms with Gasteiger partial charge in [0, 0.05) is 19.6 Å². The van der Waals surface area contributed by atoms with Gasteiger partial charge in [-0.15, -0.1) is 0 Å². The van der Waals surface area contributed by atoms with Crippen LogP contribution in [0.3, 0.4) is 0 Å². The maximum absolute atomic E-state index is 11.7. The molecule has 0 radical (unpaired) electrons. The number of carbonyl (C=O) groups is 4. The molecule has 17 heteroatoms. The second-order valence-electron chi connectivity index (χ2n) is 8.36. The second-order valence-corrected chi connectivity index (χ2v) is 13.7. The van der Waals surface area contributed by atoms with Crippen LogP contribution in [0.4, 0.5) is 0 Å². The number of carboxylic acid groups (broad SMARTS) is 2. The molecular weight excluding hydrogens is 713 g/mol. The highest BCUT2D eigenvalue weighted by Gasteiger charge is 2.16. The van der Waals surface area contributed by atoms with Crippen molar-refractivity contribution in [3.8, 4) is 0 Å². The molecule has 47 heavy (non-hydrogen) atoms. The van der Waals surface area contributed by atoms with E-state index < -0.39 is 22.3 Å². The summed E-state index contributed by atoms with van der Waals surface area (Å²) >= 11 is 0. The van der Waals surface area contributed by atoms with E-state index >= 15 is 0 Å². The van der Waals surface area contributed by atoms with E-state index in [0.717, 1.165) is 9.79 Å². The third-order valence-corrected chi connectivity index (χ3v) is 10.2. The Hall–Kier alpha value is -3.97. The highest BCUT2D eigenvalue weighted by Crippen LogP contribution is 2.41. The standard InChI is InChI=1S/C16H14O4S2.C14H10O4S2.H2O4S/c1-19-15(17)11-7-3-5-9-13(11)21-22-14-10-6-4-8-12(14)16(18)20-2;15-13(16)9-5-1-3-7-11(9)19-20-12-8-4-2-6-10(12)14(17)18;1-5(2,3)4/h3-10H,1-2H3;1-8H,(H,15,16)(H,17,18);(H2,1,2,3,4). The minimum atomic E-state index is -4.67. The predicted octanol–water partition coefficient (Wildman–Crippen LogP) is 7.29. The van der Waals surface area contributed by atoms with Crippen LogP contribution in [0, 0.1) is 0 Å². The number of ether oxygens (including phenoxy) is 2. The van der Waals surface area contributed by atoms with Gasteiger partial charge in [-0.1, -0.05) is 91.7 Å². The summed E-state index contributed by atoms with van der Waals surface area (Å²) in [6.07, 6.45) is 0. The molecule has 4 rings (SSSR count). The molecule has 4 aromatic rings. The third kappa shape index (κ3) is 13.7. The average molecular weight is 739 g/mol. The van der Waals surface area contributed by atoms with E-state index in [0.29, 0.717) is 20.9 Å². The lowest BCUT2D eigenvalue weighted by Crippen LogP contribution is -2.03. The van der Waals surface area contributed by atoms with Crippen LogP contribution < -0.4 is 0 Å². The summed E-state index contributed by atoms with van der Waals surface area (Å²) in [6.45, 7) is 0. The van der Waals surface area contributed by atoms with E-state index in [1.54, 1.807) is 60.7 Å². The molecule has 0 amide bonds. The Balaban J connectivity index is 0.000000287. The van der Waals surface area contributed by atoms with Crippen molar-refractivity contribution in [2.24, 2.45) is 0 Å². The lowest BCUT2D eigenvalue weighted by molar-refractivity contribution is 0.0588. The summed E-state index contributed by atoms with van der Waals surface area (Å²) in [6, 6.07) is 27.6. The molecule has 4 N–H and O–H groups in total. The molecule has 248 valence electrons. The summed E-state index contributed by atoms with van der Waals surface area (Å²) in [5, 5.41) is 18.2. The molecule has 0 bridgehead atoms. The van der Waals surface area contributed by atoms with Gasteiger partial charge in [0.05, 0.1) is 36.5 Å². The number of carboxylic acids is 2. The number of aromatic carboxylic acids is 2. The summed E-state index contributed by atoms with van der Waals surface area (Å²) in [5.74, 6) is -2.77. The molecule has 0 aliphatic carbocycles. The Labute approximate surface area is 285 Å². The number of hydrogen-bond donors (Lipinski definition) is 4. The van der Waals surface area contributed by atoms with Crippen LogP contribution in [0.25, 0.3) is 0 Å². The molecule has 0 atom stereocenters. The Bertz CT molecular complexity index is 1690. The predicted molar refractivity (Wildman–Crippen MR) is 180 cm³/mol. The zero-order valence-electron chi connectivity index (χ0n) is 24.3. The Morgan fingerprint density at radius 3 is 0.936 bits per heavy atom. The van der Waals surface area contributed by atoms with E-state index in [1.807, 2.05) is 24.3 Å². The van der Waals surface area contributed by atoms with Crippen molar-refractivity contribution in [2.45, 2.75) is 19.6 Å². The van der Waals surface area contributed by atoms with Crippen LogP contribution in [-0.4, -0.2) is 65.8 Å². The Kier molecular flexibility index (Phi) is 16.4. The molecule has 0 saturated carbocycles. The minimum absolute atomic E-state index is 0.206. The van der Waals surface area contributed by atoms with Gasteiger partial charge in [0.1, 0.15) is 0 Å². The van der Waals surface area contributed by atoms with E-state index in [1.165, 1.54) is 69.5 Å². The molecule has 0 fully saturated rings. The molecular formula is C30H26O12S5. The molecule has 0 aliphatic rings. The maximum atomic E-state index is 11.7. The van der Waals surface area contributed by atoms with Gasteiger partial charge in [-0.25, -0.2) is 19.2 Å². The fourth-order valence-corrected chi connectivity index (χ4v) is 7.94. The highest BCUT2D eigenvalue weighted by atomic mass is 33.1. The fraction of sp³-hybridized carbons (Fsp3) is 0.0667. The smallest absolute Gasteiger partial charge is 0.394 e. The summed E-state index contributed by atoms with van der Waals surface area (Å²) in [4.78, 5) is 48.4. The lowest BCUT2D eigenvalue weighted by Gasteiger charge is -2.09. The average Bonchev–Trinajstić information content (AvgIpc) is 3.05. The largest absolute Gasteiger partial charge is 0.478 e. The van der Waals surface area contributed by atoms with Crippen LogP contribution in [-0.2, 0) is 19.9 Å². The van der Waals surface area contributed by atoms with Crippen molar-refractivity contribution in [1.29, 1.82) is 0 Å². The van der Waals surface area contributed by atoms with Gasteiger partial charge in [-0.05, 0) is 48.5 Å². The zero-order chi connectivity index (χ0) is 35.0. The molecule has 0 aromatic heterocycles. The van der Waals surface area contributed by atoms with Gasteiger partial charge < -0.3 is 19.7 Å². The van der Waals surface area contributed by atoms with Gasteiger partial charge in [0.15, 0.2) is 0 Å². The van der Waals surface area contributed by atoms with Crippen LogP contribution >= 0.6 is 43.2 Å². The van der Waals surface area contributed by atoms with Gasteiger partial charge in [-0.3, -0.25) is 9.11 Å². The number of benzene rings is 4. The van der Waals surface area contributed by atoms with Crippen LogP contribution in [0.5, 0.6) is 0 Å². The van der Waals surface area contributed by atoms with Crippen molar-refractivity contribution >= 4 is 77.5 Å². The normalized spacial score (nSPS) is 10.3. The van der Waals surface area contributed by atoms with Crippen molar-refractivity contribution < 1.29 is 56.4 Å².